The van der Waals surface area contributed by atoms with E-state index in [-0.39, 0.29) is 13.0 Å². The number of esters is 1. The van der Waals surface area contributed by atoms with Crippen LogP contribution in [0.5, 0.6) is 0 Å². The second-order valence-electron chi connectivity index (χ2n) is 17.6. The maximum atomic E-state index is 12.9. The van der Waals surface area contributed by atoms with Gasteiger partial charge in [-0.3, -0.25) is 13.8 Å². The molecule has 0 aromatic carbocycles. The third kappa shape index (κ3) is 36.6. The lowest BCUT2D eigenvalue weighted by Crippen LogP contribution is -2.64. The molecule has 1 saturated carbocycles. The van der Waals surface area contributed by atoms with E-state index < -0.39 is 63.1 Å². The summed E-state index contributed by atoms with van der Waals surface area (Å²) in [6, 6.07) is 0. The van der Waals surface area contributed by atoms with Gasteiger partial charge in [-0.1, -0.05) is 175 Å². The highest BCUT2D eigenvalue weighted by Gasteiger charge is 2.51. The van der Waals surface area contributed by atoms with Crippen molar-refractivity contribution in [1.29, 1.82) is 0 Å². The Kier molecular flexibility index (Phi) is 41.7. The van der Waals surface area contributed by atoms with Crippen molar-refractivity contribution in [3.05, 3.63) is 109 Å². The van der Waals surface area contributed by atoms with Crippen molar-refractivity contribution >= 4 is 13.8 Å². The molecule has 0 radical (unpaired) electrons. The van der Waals surface area contributed by atoms with Crippen molar-refractivity contribution in [2.75, 3.05) is 19.8 Å². The molecule has 1 aliphatic carbocycles. The highest BCUT2D eigenvalue weighted by atomic mass is 31.2. The van der Waals surface area contributed by atoms with Crippen molar-refractivity contribution in [2.45, 2.75) is 217 Å². The van der Waals surface area contributed by atoms with Crippen molar-refractivity contribution in [2.24, 2.45) is 0 Å². The zero-order chi connectivity index (χ0) is 50.5. The summed E-state index contributed by atoms with van der Waals surface area (Å²) in [5.74, 6) is -0.505. The molecule has 13 heteroatoms. The van der Waals surface area contributed by atoms with E-state index in [4.69, 9.17) is 18.5 Å². The van der Waals surface area contributed by atoms with E-state index in [2.05, 4.69) is 123 Å². The van der Waals surface area contributed by atoms with E-state index in [0.717, 1.165) is 103 Å². The molecule has 6 N–H and O–H groups in total. The lowest BCUT2D eigenvalue weighted by Gasteiger charge is -2.41. The molecule has 0 heterocycles. The minimum atomic E-state index is -5.05. The zero-order valence-electron chi connectivity index (χ0n) is 42.3. The molecular formula is C56H93O12P. The quantitative estimate of drug-likeness (QED) is 0.0147. The maximum absolute atomic E-state index is 12.9. The molecule has 1 rings (SSSR count). The Morgan fingerprint density at radius 1 is 0.478 bits per heavy atom. The number of hydrogen-bond acceptors (Lipinski definition) is 11. The lowest BCUT2D eigenvalue weighted by atomic mass is 9.85. The first kappa shape index (κ1) is 64.0. The average molecular weight is 989 g/mol. The van der Waals surface area contributed by atoms with Gasteiger partial charge in [0, 0.05) is 13.0 Å². The number of carbonyl (C=O) groups excluding carboxylic acids is 1. The summed E-state index contributed by atoms with van der Waals surface area (Å²) in [4.78, 5) is 23.3. The number of ether oxygens (including phenoxy) is 2. The molecule has 0 aromatic rings. The summed E-state index contributed by atoms with van der Waals surface area (Å²) >= 11 is 0. The van der Waals surface area contributed by atoms with Crippen LogP contribution in [0.4, 0.5) is 0 Å². The van der Waals surface area contributed by atoms with Gasteiger partial charge < -0.3 is 39.9 Å². The summed E-state index contributed by atoms with van der Waals surface area (Å²) in [5, 5.41) is 50.3. The monoisotopic (exact) mass is 989 g/mol. The van der Waals surface area contributed by atoms with E-state index in [9.17, 15) is 39.8 Å². The summed E-state index contributed by atoms with van der Waals surface area (Å²) < 4.78 is 34.2. The standard InChI is InChI=1S/C56H93O12P/c1-3-5-7-9-11-13-15-17-19-21-23-24-25-26-27-28-30-32-34-36-38-40-42-44-46-65-47-49(48-66-69(63,64)68-56-54(61)52(59)51(58)53(60)55(56)62)67-50(57)45-43-41-39-37-35-33-31-29-22-20-18-16-14-12-10-8-6-4-2/h5,7,11,13-14,16-17,19-20,22-24,26-27,30,32,36,38,49,51-56,58-62H,3-4,6,8-10,12,15,18,21,25,28-29,31,33-35,37,39-48H2,1-2H3,(H,63,64)/b7-5-,13-11-,16-14-,19-17-,22-20-,24-23-,27-26-,32-30-,38-36-. The number of hydrogen-bond donors (Lipinski definition) is 6. The predicted molar refractivity (Wildman–Crippen MR) is 280 cm³/mol. The molecule has 0 aromatic heterocycles. The number of phosphoric ester groups is 1. The van der Waals surface area contributed by atoms with Gasteiger partial charge >= 0.3 is 13.8 Å². The SMILES string of the molecule is CC/C=C\C/C=C\C/C=C\C/C=C\C/C=C\C/C=C\C/C=C\CCCCOCC(COP(=O)(O)OC1C(O)C(O)C(O)C(O)C1O)OC(=O)CCCCCCCCC/C=C\C/C=C\CCCCCC. The van der Waals surface area contributed by atoms with Crippen LogP contribution in [0.3, 0.4) is 0 Å². The topological polar surface area (TPSA) is 192 Å². The van der Waals surface area contributed by atoms with Gasteiger partial charge in [0.2, 0.25) is 0 Å². The van der Waals surface area contributed by atoms with Gasteiger partial charge in [0.15, 0.2) is 0 Å². The summed E-state index contributed by atoms with van der Waals surface area (Å²) in [6.07, 6.45) is 51.5. The van der Waals surface area contributed by atoms with Gasteiger partial charge in [0.05, 0.1) is 13.2 Å². The van der Waals surface area contributed by atoms with Crippen molar-refractivity contribution in [3.63, 3.8) is 0 Å². The molecule has 0 bridgehead atoms. The largest absolute Gasteiger partial charge is 0.472 e. The number of allylic oxidation sites excluding steroid dienone is 18. The van der Waals surface area contributed by atoms with Crippen LogP contribution in [0.15, 0.2) is 109 Å². The molecule has 1 aliphatic rings. The van der Waals surface area contributed by atoms with Crippen molar-refractivity contribution < 1.29 is 58.3 Å². The molecular weight excluding hydrogens is 896 g/mol. The van der Waals surface area contributed by atoms with Crippen LogP contribution in [0.2, 0.25) is 0 Å². The molecule has 0 amide bonds. The molecule has 394 valence electrons. The van der Waals surface area contributed by atoms with Crippen LogP contribution in [0.1, 0.15) is 174 Å². The Balaban J connectivity index is 2.40. The molecule has 6 unspecified atom stereocenters. The van der Waals surface area contributed by atoms with Crippen LogP contribution < -0.4 is 0 Å². The Labute approximate surface area is 417 Å². The second kappa shape index (κ2) is 44.9. The first-order valence-electron chi connectivity index (χ1n) is 26.2. The number of rotatable bonds is 43. The highest BCUT2D eigenvalue weighted by molar-refractivity contribution is 7.47. The fraction of sp³-hybridized carbons (Fsp3) is 0.661. The minimum absolute atomic E-state index is 0.117. The van der Waals surface area contributed by atoms with E-state index in [1.54, 1.807) is 0 Å². The Morgan fingerprint density at radius 3 is 1.30 bits per heavy atom. The van der Waals surface area contributed by atoms with Gasteiger partial charge in [-0.2, -0.15) is 0 Å². The van der Waals surface area contributed by atoms with E-state index in [1.807, 2.05) is 0 Å². The first-order valence-corrected chi connectivity index (χ1v) is 27.7. The first-order chi connectivity index (χ1) is 33.5. The van der Waals surface area contributed by atoms with E-state index >= 15 is 0 Å². The number of aliphatic hydroxyl groups excluding tert-OH is 5. The molecule has 1 fully saturated rings. The van der Waals surface area contributed by atoms with Crippen molar-refractivity contribution in [1.82, 2.24) is 0 Å². The summed E-state index contributed by atoms with van der Waals surface area (Å²) in [5.41, 5.74) is 0. The third-order valence-electron chi connectivity index (χ3n) is 11.4. The molecule has 6 atom stereocenters. The molecule has 69 heavy (non-hydrogen) atoms. The lowest BCUT2D eigenvalue weighted by molar-refractivity contribution is -0.220. The van der Waals surface area contributed by atoms with Gasteiger partial charge in [0.1, 0.15) is 42.7 Å². The van der Waals surface area contributed by atoms with Gasteiger partial charge in [-0.15, -0.1) is 0 Å². The van der Waals surface area contributed by atoms with E-state index in [1.165, 1.54) is 44.9 Å². The van der Waals surface area contributed by atoms with Gasteiger partial charge in [-0.05, 0) is 103 Å². The Morgan fingerprint density at radius 2 is 0.855 bits per heavy atom. The fourth-order valence-corrected chi connectivity index (χ4v) is 8.22. The number of phosphoric acid groups is 1. The molecule has 0 saturated heterocycles. The minimum Gasteiger partial charge on any atom is -0.457 e. The van der Waals surface area contributed by atoms with Crippen LogP contribution in [-0.2, 0) is 27.9 Å². The summed E-state index contributed by atoms with van der Waals surface area (Å²) in [6.45, 7) is 4.01. The maximum Gasteiger partial charge on any atom is 0.472 e. The highest BCUT2D eigenvalue weighted by Crippen LogP contribution is 2.47. The molecule has 0 aliphatic heterocycles. The predicted octanol–water partition coefficient (Wildman–Crippen LogP) is 12.0. The molecule has 12 nitrogen and oxygen atoms in total. The van der Waals surface area contributed by atoms with Gasteiger partial charge in [0.25, 0.3) is 0 Å². The van der Waals surface area contributed by atoms with Crippen molar-refractivity contribution in [3.8, 4) is 0 Å². The average Bonchev–Trinajstić information content (AvgIpc) is 3.34. The number of aliphatic hydroxyl groups is 5. The summed E-state index contributed by atoms with van der Waals surface area (Å²) in [7, 11) is -5.05. The zero-order valence-corrected chi connectivity index (χ0v) is 43.2. The third-order valence-corrected chi connectivity index (χ3v) is 12.4. The van der Waals surface area contributed by atoms with Crippen LogP contribution in [-0.4, -0.2) is 98.9 Å². The fourth-order valence-electron chi connectivity index (χ4n) is 7.25. The smallest absolute Gasteiger partial charge is 0.457 e. The number of carbonyl (C=O) groups is 1. The van der Waals surface area contributed by atoms with Crippen LogP contribution in [0.25, 0.3) is 0 Å². The van der Waals surface area contributed by atoms with Gasteiger partial charge in [-0.25, -0.2) is 4.57 Å². The Hall–Kier alpha value is -3.00. The number of unbranched alkanes of at least 4 members (excludes halogenated alkanes) is 13. The van der Waals surface area contributed by atoms with Crippen LogP contribution in [0, 0.1) is 0 Å². The van der Waals surface area contributed by atoms with E-state index in [0.29, 0.717) is 13.0 Å². The van der Waals surface area contributed by atoms with Crippen LogP contribution >= 0.6 is 7.82 Å². The normalized spacial score (nSPS) is 21.9. The second-order valence-corrected chi connectivity index (χ2v) is 19.0. The molecule has 0 spiro atoms. The Bertz CT molecular complexity index is 1550.